The number of sulfonamides is 1. The number of halogens is 4. The van der Waals surface area contributed by atoms with Gasteiger partial charge in [-0.3, -0.25) is 0 Å². The standard InChI is InChI=1S/C15H11ClF3NO4S/c16-13-6-5-10(25(20,22)23)7-11(13)14(21)24-8-9-3-1-2-4-12(9)15(17,18)19/h1-7H,8H2,(H2,20,22,23). The monoisotopic (exact) mass is 393 g/mol. The number of primary sulfonamides is 1. The van der Waals surface area contributed by atoms with E-state index in [1.807, 2.05) is 0 Å². The van der Waals surface area contributed by atoms with E-state index in [1.165, 1.54) is 18.2 Å². The molecule has 25 heavy (non-hydrogen) atoms. The summed E-state index contributed by atoms with van der Waals surface area (Å²) in [6.07, 6.45) is -4.60. The fourth-order valence-corrected chi connectivity index (χ4v) is 2.72. The molecule has 2 aromatic carbocycles. The van der Waals surface area contributed by atoms with E-state index in [9.17, 15) is 26.4 Å². The fraction of sp³-hybridized carbons (Fsp3) is 0.133. The first-order valence-corrected chi connectivity index (χ1v) is 8.57. The molecule has 0 spiro atoms. The van der Waals surface area contributed by atoms with Crippen LogP contribution in [0.3, 0.4) is 0 Å². The largest absolute Gasteiger partial charge is 0.457 e. The van der Waals surface area contributed by atoms with E-state index >= 15 is 0 Å². The zero-order valence-electron chi connectivity index (χ0n) is 12.4. The van der Waals surface area contributed by atoms with Crippen molar-refractivity contribution in [2.24, 2.45) is 5.14 Å². The Morgan fingerprint density at radius 3 is 2.40 bits per heavy atom. The third-order valence-electron chi connectivity index (χ3n) is 3.17. The zero-order chi connectivity index (χ0) is 18.8. The highest BCUT2D eigenvalue weighted by atomic mass is 35.5. The molecular formula is C15H11ClF3NO4S. The van der Waals surface area contributed by atoms with Gasteiger partial charge >= 0.3 is 12.1 Å². The summed E-state index contributed by atoms with van der Waals surface area (Å²) in [4.78, 5) is 11.7. The summed E-state index contributed by atoms with van der Waals surface area (Å²) >= 11 is 5.81. The summed E-state index contributed by atoms with van der Waals surface area (Å²) in [5, 5.41) is 4.84. The summed E-state index contributed by atoms with van der Waals surface area (Å²) in [7, 11) is -4.08. The number of nitrogens with two attached hydrogens (primary N) is 1. The molecule has 0 aromatic heterocycles. The first-order chi connectivity index (χ1) is 11.5. The van der Waals surface area contributed by atoms with E-state index in [-0.39, 0.29) is 21.0 Å². The summed E-state index contributed by atoms with van der Waals surface area (Å²) in [6, 6.07) is 7.72. The van der Waals surface area contributed by atoms with Crippen molar-refractivity contribution in [2.45, 2.75) is 17.7 Å². The Labute approximate surface area is 146 Å². The van der Waals surface area contributed by atoms with Gasteiger partial charge in [0.05, 0.1) is 21.0 Å². The highest BCUT2D eigenvalue weighted by Gasteiger charge is 2.33. The van der Waals surface area contributed by atoms with Gasteiger partial charge in [0.15, 0.2) is 0 Å². The Kier molecular flexibility index (Phi) is 5.40. The number of hydrogen-bond donors (Lipinski definition) is 1. The molecule has 0 aliphatic heterocycles. The Bertz CT molecular complexity index is 913. The molecule has 0 heterocycles. The van der Waals surface area contributed by atoms with Gasteiger partial charge in [-0.2, -0.15) is 13.2 Å². The van der Waals surface area contributed by atoms with E-state index in [4.69, 9.17) is 21.5 Å². The van der Waals surface area contributed by atoms with Gasteiger partial charge in [0.2, 0.25) is 10.0 Å². The lowest BCUT2D eigenvalue weighted by Crippen LogP contribution is -2.15. The topological polar surface area (TPSA) is 86.5 Å². The number of carbonyl (C=O) groups excluding carboxylic acids is 1. The summed E-state index contributed by atoms with van der Waals surface area (Å²) in [6.45, 7) is -0.662. The molecular weight excluding hydrogens is 383 g/mol. The van der Waals surface area contributed by atoms with Crippen LogP contribution in [0.25, 0.3) is 0 Å². The number of hydrogen-bond acceptors (Lipinski definition) is 4. The van der Waals surface area contributed by atoms with Crippen molar-refractivity contribution >= 4 is 27.6 Å². The minimum atomic E-state index is -4.60. The van der Waals surface area contributed by atoms with Gasteiger partial charge in [-0.15, -0.1) is 0 Å². The maximum absolute atomic E-state index is 12.9. The van der Waals surface area contributed by atoms with Gasteiger partial charge < -0.3 is 4.74 Å². The molecule has 0 aliphatic carbocycles. The first-order valence-electron chi connectivity index (χ1n) is 6.64. The van der Waals surface area contributed by atoms with Crippen LogP contribution in [-0.2, 0) is 27.5 Å². The molecule has 0 saturated heterocycles. The van der Waals surface area contributed by atoms with Crippen LogP contribution in [0.15, 0.2) is 47.4 Å². The Hall–Kier alpha value is -2.10. The zero-order valence-corrected chi connectivity index (χ0v) is 14.0. The van der Waals surface area contributed by atoms with Crippen LogP contribution in [0.2, 0.25) is 5.02 Å². The first kappa shape index (κ1) is 19.2. The quantitative estimate of drug-likeness (QED) is 0.807. The van der Waals surface area contributed by atoms with E-state index in [2.05, 4.69) is 0 Å². The third-order valence-corrected chi connectivity index (χ3v) is 4.41. The van der Waals surface area contributed by atoms with Gasteiger partial charge in [-0.25, -0.2) is 18.4 Å². The van der Waals surface area contributed by atoms with Gasteiger partial charge in [0.1, 0.15) is 6.61 Å². The molecule has 0 aliphatic rings. The van der Waals surface area contributed by atoms with E-state index in [0.29, 0.717) is 0 Å². The number of esters is 1. The predicted molar refractivity (Wildman–Crippen MR) is 83.4 cm³/mol. The Morgan fingerprint density at radius 1 is 1.16 bits per heavy atom. The second-order valence-corrected chi connectivity index (χ2v) is 6.89. The second kappa shape index (κ2) is 7.03. The predicted octanol–water partition coefficient (Wildman–Crippen LogP) is 3.36. The Balaban J connectivity index is 2.25. The highest BCUT2D eigenvalue weighted by molar-refractivity contribution is 7.89. The molecule has 0 amide bonds. The molecule has 0 unspecified atom stereocenters. The maximum Gasteiger partial charge on any atom is 0.416 e. The van der Waals surface area contributed by atoms with Crippen molar-refractivity contribution < 1.29 is 31.1 Å². The van der Waals surface area contributed by atoms with Gasteiger partial charge in [0, 0.05) is 5.56 Å². The van der Waals surface area contributed by atoms with Crippen LogP contribution in [0, 0.1) is 0 Å². The number of carbonyl (C=O) groups is 1. The lowest BCUT2D eigenvalue weighted by molar-refractivity contribution is -0.138. The van der Waals surface area contributed by atoms with Crippen LogP contribution < -0.4 is 5.14 Å². The molecule has 0 saturated carbocycles. The van der Waals surface area contributed by atoms with Crippen molar-refractivity contribution in [3.8, 4) is 0 Å². The number of rotatable bonds is 4. The van der Waals surface area contributed by atoms with E-state index in [0.717, 1.165) is 24.3 Å². The van der Waals surface area contributed by atoms with Crippen LogP contribution in [0.1, 0.15) is 21.5 Å². The Morgan fingerprint density at radius 2 is 1.80 bits per heavy atom. The van der Waals surface area contributed by atoms with Crippen LogP contribution in [-0.4, -0.2) is 14.4 Å². The minimum absolute atomic E-state index is 0.124. The number of ether oxygens (including phenoxy) is 1. The van der Waals surface area contributed by atoms with Gasteiger partial charge in [0.25, 0.3) is 0 Å². The second-order valence-electron chi connectivity index (χ2n) is 4.92. The van der Waals surface area contributed by atoms with Gasteiger partial charge in [-0.1, -0.05) is 29.8 Å². The minimum Gasteiger partial charge on any atom is -0.457 e. The van der Waals surface area contributed by atoms with E-state index < -0.39 is 34.3 Å². The van der Waals surface area contributed by atoms with Crippen LogP contribution >= 0.6 is 11.6 Å². The van der Waals surface area contributed by atoms with Crippen LogP contribution in [0.5, 0.6) is 0 Å². The van der Waals surface area contributed by atoms with Crippen molar-refractivity contribution in [3.05, 3.63) is 64.2 Å². The molecule has 0 bridgehead atoms. The third kappa shape index (κ3) is 4.71. The average Bonchev–Trinajstić information content (AvgIpc) is 2.51. The lowest BCUT2D eigenvalue weighted by Gasteiger charge is -2.13. The van der Waals surface area contributed by atoms with Crippen molar-refractivity contribution in [2.75, 3.05) is 0 Å². The number of benzene rings is 2. The lowest BCUT2D eigenvalue weighted by atomic mass is 10.1. The van der Waals surface area contributed by atoms with Crippen molar-refractivity contribution in [3.63, 3.8) is 0 Å². The van der Waals surface area contributed by atoms with Crippen LogP contribution in [0.4, 0.5) is 13.2 Å². The molecule has 2 aromatic rings. The van der Waals surface area contributed by atoms with Crippen molar-refractivity contribution in [1.82, 2.24) is 0 Å². The summed E-state index contributed by atoms with van der Waals surface area (Å²) in [5.41, 5.74) is -1.51. The molecule has 5 nitrogen and oxygen atoms in total. The fourth-order valence-electron chi connectivity index (χ4n) is 1.98. The van der Waals surface area contributed by atoms with E-state index in [1.54, 1.807) is 0 Å². The molecule has 10 heteroatoms. The molecule has 0 fully saturated rings. The summed E-state index contributed by atoms with van der Waals surface area (Å²) in [5.74, 6) is -1.08. The molecule has 2 N–H and O–H groups in total. The summed E-state index contributed by atoms with van der Waals surface area (Å²) < 4.78 is 66.2. The molecule has 0 atom stereocenters. The highest BCUT2D eigenvalue weighted by Crippen LogP contribution is 2.32. The SMILES string of the molecule is NS(=O)(=O)c1ccc(Cl)c(C(=O)OCc2ccccc2C(F)(F)F)c1. The smallest absolute Gasteiger partial charge is 0.416 e. The normalized spacial score (nSPS) is 12.0. The van der Waals surface area contributed by atoms with Gasteiger partial charge in [-0.05, 0) is 24.3 Å². The average molecular weight is 394 g/mol. The molecule has 134 valence electrons. The number of alkyl halides is 3. The van der Waals surface area contributed by atoms with Crippen molar-refractivity contribution in [1.29, 1.82) is 0 Å². The maximum atomic E-state index is 12.9. The molecule has 0 radical (unpaired) electrons. The molecule has 2 rings (SSSR count).